The van der Waals surface area contributed by atoms with Crippen LogP contribution in [0.25, 0.3) is 16.9 Å². The average Bonchev–Trinajstić information content (AvgIpc) is 2.78. The Morgan fingerprint density at radius 1 is 1.05 bits per heavy atom. The molecule has 3 heteroatoms. The molecule has 0 bridgehead atoms. The van der Waals surface area contributed by atoms with Gasteiger partial charge in [0.25, 0.3) is 0 Å². The summed E-state index contributed by atoms with van der Waals surface area (Å²) in [6.45, 7) is 4.20. The van der Waals surface area contributed by atoms with E-state index >= 15 is 0 Å². The summed E-state index contributed by atoms with van der Waals surface area (Å²) in [5.74, 6) is 0.0263. The molecule has 0 atom stereocenters. The van der Waals surface area contributed by atoms with Gasteiger partial charge in [-0.15, -0.1) is 0 Å². The molecule has 2 heterocycles. The van der Waals surface area contributed by atoms with Gasteiger partial charge in [0.1, 0.15) is 11.5 Å². The monoisotopic (exact) mass is 254 g/mol. The summed E-state index contributed by atoms with van der Waals surface area (Å²) in [4.78, 5) is 4.64. The third-order valence-electron chi connectivity index (χ3n) is 3.21. The maximum absolute atomic E-state index is 13.4. The molecular formula is C16H15FN2. The van der Waals surface area contributed by atoms with Crippen LogP contribution in [-0.2, 0) is 0 Å². The van der Waals surface area contributed by atoms with Crippen molar-refractivity contribution in [2.45, 2.75) is 19.8 Å². The van der Waals surface area contributed by atoms with Crippen molar-refractivity contribution in [2.24, 2.45) is 0 Å². The zero-order chi connectivity index (χ0) is 13.4. The number of hydrogen-bond acceptors (Lipinski definition) is 1. The maximum atomic E-state index is 13.4. The lowest BCUT2D eigenvalue weighted by molar-refractivity contribution is 0.616. The molecule has 0 aliphatic heterocycles. The fourth-order valence-electron chi connectivity index (χ4n) is 2.40. The highest BCUT2D eigenvalue weighted by Crippen LogP contribution is 2.29. The molecule has 0 radical (unpaired) electrons. The molecule has 96 valence electrons. The van der Waals surface area contributed by atoms with Crippen molar-refractivity contribution < 1.29 is 4.39 Å². The first-order valence-electron chi connectivity index (χ1n) is 6.40. The molecule has 2 aromatic heterocycles. The van der Waals surface area contributed by atoms with Gasteiger partial charge in [0.15, 0.2) is 0 Å². The van der Waals surface area contributed by atoms with E-state index in [1.807, 2.05) is 34.7 Å². The third-order valence-corrected chi connectivity index (χ3v) is 3.21. The molecular weight excluding hydrogens is 239 g/mol. The van der Waals surface area contributed by atoms with E-state index in [1.54, 1.807) is 6.07 Å². The van der Waals surface area contributed by atoms with Gasteiger partial charge in [0.05, 0.1) is 11.4 Å². The molecule has 3 aromatic rings. The van der Waals surface area contributed by atoms with Crippen LogP contribution in [0, 0.1) is 5.82 Å². The summed E-state index contributed by atoms with van der Waals surface area (Å²) in [5.41, 5.74) is 3.82. The van der Waals surface area contributed by atoms with E-state index in [-0.39, 0.29) is 11.7 Å². The lowest BCUT2D eigenvalue weighted by Gasteiger charge is -2.08. The van der Waals surface area contributed by atoms with Gasteiger partial charge in [0, 0.05) is 11.8 Å². The summed E-state index contributed by atoms with van der Waals surface area (Å²) >= 11 is 0. The molecule has 0 aliphatic carbocycles. The van der Waals surface area contributed by atoms with Crippen LogP contribution in [0.4, 0.5) is 4.39 Å². The predicted molar refractivity (Wildman–Crippen MR) is 74.7 cm³/mol. The maximum Gasteiger partial charge on any atom is 0.139 e. The quantitative estimate of drug-likeness (QED) is 0.667. The van der Waals surface area contributed by atoms with Crippen LogP contribution in [0.2, 0.25) is 0 Å². The molecule has 19 heavy (non-hydrogen) atoms. The van der Waals surface area contributed by atoms with E-state index in [0.29, 0.717) is 0 Å². The van der Waals surface area contributed by atoms with Gasteiger partial charge in [-0.3, -0.25) is 0 Å². The second-order valence-corrected chi connectivity index (χ2v) is 4.94. The van der Waals surface area contributed by atoms with E-state index in [1.165, 1.54) is 12.3 Å². The highest BCUT2D eigenvalue weighted by molar-refractivity contribution is 5.67. The molecule has 0 saturated heterocycles. The van der Waals surface area contributed by atoms with Crippen LogP contribution in [0.3, 0.4) is 0 Å². The number of aromatic nitrogens is 2. The number of rotatable bonds is 2. The second-order valence-electron chi connectivity index (χ2n) is 4.94. The van der Waals surface area contributed by atoms with E-state index in [4.69, 9.17) is 0 Å². The van der Waals surface area contributed by atoms with Crippen LogP contribution < -0.4 is 0 Å². The van der Waals surface area contributed by atoms with Crippen LogP contribution >= 0.6 is 0 Å². The highest BCUT2D eigenvalue weighted by Gasteiger charge is 2.16. The van der Waals surface area contributed by atoms with Crippen molar-refractivity contribution in [3.63, 3.8) is 0 Å². The predicted octanol–water partition coefficient (Wildman–Crippen LogP) is 4.26. The Morgan fingerprint density at radius 3 is 2.47 bits per heavy atom. The number of pyridine rings is 1. The lowest BCUT2D eigenvalue weighted by Crippen LogP contribution is -1.97. The summed E-state index contributed by atoms with van der Waals surface area (Å²) in [6, 6.07) is 13.2. The van der Waals surface area contributed by atoms with Gasteiger partial charge >= 0.3 is 0 Å². The van der Waals surface area contributed by atoms with Crippen LogP contribution in [0.1, 0.15) is 25.5 Å². The Kier molecular flexibility index (Phi) is 2.82. The molecule has 0 spiro atoms. The second kappa shape index (κ2) is 4.50. The standard InChI is InChI=1S/C16H15FN2/c1-11(2)16-15(12-6-4-3-5-7-12)18-14-9-8-13(17)10-19(14)16/h3-11H,1-2H3. The first-order chi connectivity index (χ1) is 9.16. The van der Waals surface area contributed by atoms with Crippen LogP contribution in [-0.4, -0.2) is 9.38 Å². The van der Waals surface area contributed by atoms with Crippen molar-refractivity contribution in [3.05, 3.63) is 60.2 Å². The van der Waals surface area contributed by atoms with Gasteiger partial charge in [-0.05, 0) is 18.1 Å². The minimum atomic E-state index is -0.244. The lowest BCUT2D eigenvalue weighted by atomic mass is 10.0. The van der Waals surface area contributed by atoms with Crippen LogP contribution in [0.5, 0.6) is 0 Å². The zero-order valence-corrected chi connectivity index (χ0v) is 11.0. The summed E-state index contributed by atoms with van der Waals surface area (Å²) in [6.07, 6.45) is 1.50. The molecule has 0 fully saturated rings. The van der Waals surface area contributed by atoms with Crippen molar-refractivity contribution in [2.75, 3.05) is 0 Å². The Morgan fingerprint density at radius 2 is 1.79 bits per heavy atom. The van der Waals surface area contributed by atoms with Crippen molar-refractivity contribution >= 4 is 5.65 Å². The van der Waals surface area contributed by atoms with E-state index < -0.39 is 0 Å². The summed E-state index contributed by atoms with van der Waals surface area (Å²) in [7, 11) is 0. The van der Waals surface area contributed by atoms with Crippen LogP contribution in [0.15, 0.2) is 48.7 Å². The van der Waals surface area contributed by atoms with Gasteiger partial charge in [-0.1, -0.05) is 44.2 Å². The van der Waals surface area contributed by atoms with E-state index in [9.17, 15) is 4.39 Å². The van der Waals surface area contributed by atoms with Crippen molar-refractivity contribution in [1.29, 1.82) is 0 Å². The topological polar surface area (TPSA) is 17.3 Å². The minimum absolute atomic E-state index is 0.244. The fraction of sp³-hybridized carbons (Fsp3) is 0.188. The van der Waals surface area contributed by atoms with Gasteiger partial charge in [0.2, 0.25) is 0 Å². The molecule has 0 aliphatic rings. The summed E-state index contributed by atoms with van der Waals surface area (Å²) in [5, 5.41) is 0. The Bertz CT molecular complexity index is 714. The Balaban J connectivity index is 2.33. The van der Waals surface area contributed by atoms with Gasteiger partial charge in [-0.2, -0.15) is 0 Å². The number of hydrogen-bond donors (Lipinski definition) is 0. The minimum Gasteiger partial charge on any atom is -0.300 e. The van der Waals surface area contributed by atoms with Crippen molar-refractivity contribution in [3.8, 4) is 11.3 Å². The number of imidazole rings is 1. The normalized spacial score (nSPS) is 11.4. The van der Waals surface area contributed by atoms with E-state index in [0.717, 1.165) is 22.6 Å². The smallest absolute Gasteiger partial charge is 0.139 e. The van der Waals surface area contributed by atoms with Gasteiger partial charge < -0.3 is 4.40 Å². The number of nitrogens with zero attached hydrogens (tertiary/aromatic N) is 2. The SMILES string of the molecule is CC(C)c1c(-c2ccccc2)nc2ccc(F)cn12. The molecule has 2 nitrogen and oxygen atoms in total. The molecule has 0 saturated carbocycles. The Hall–Kier alpha value is -2.16. The molecule has 1 aromatic carbocycles. The average molecular weight is 254 g/mol. The molecule has 3 rings (SSSR count). The largest absolute Gasteiger partial charge is 0.300 e. The third kappa shape index (κ3) is 2.01. The molecule has 0 amide bonds. The molecule has 0 N–H and O–H groups in total. The fourth-order valence-corrected chi connectivity index (χ4v) is 2.40. The zero-order valence-electron chi connectivity index (χ0n) is 11.0. The first-order valence-corrected chi connectivity index (χ1v) is 6.40. The molecule has 0 unspecified atom stereocenters. The summed E-state index contributed by atoms with van der Waals surface area (Å²) < 4.78 is 15.3. The number of halogens is 1. The number of fused-ring (bicyclic) bond motifs is 1. The highest BCUT2D eigenvalue weighted by atomic mass is 19.1. The van der Waals surface area contributed by atoms with E-state index in [2.05, 4.69) is 18.8 Å². The Labute approximate surface area is 111 Å². The van der Waals surface area contributed by atoms with Crippen molar-refractivity contribution in [1.82, 2.24) is 9.38 Å². The number of benzene rings is 1. The van der Waals surface area contributed by atoms with Gasteiger partial charge in [-0.25, -0.2) is 9.37 Å². The first kappa shape index (κ1) is 11.9.